The molecule has 16 heteroatoms. The number of hydrogen-bond donors (Lipinski definition) is 0. The summed E-state index contributed by atoms with van der Waals surface area (Å²) < 4.78 is 4.00. The number of nitrogens with zero attached hydrogens (tertiary/aromatic N) is 12. The lowest BCUT2D eigenvalue weighted by Crippen LogP contribution is -2.32. The Kier molecular flexibility index (Phi) is 21.4. The van der Waals surface area contributed by atoms with Crippen molar-refractivity contribution in [1.82, 2.24) is 44.9 Å². The first-order valence-electron chi connectivity index (χ1n) is 36.2. The summed E-state index contributed by atoms with van der Waals surface area (Å²) in [5, 5.41) is 7.64. The molecule has 0 saturated heterocycles. The summed E-state index contributed by atoms with van der Waals surface area (Å²) in [6, 6.07) is 111. The van der Waals surface area contributed by atoms with Crippen molar-refractivity contribution in [3.05, 3.63) is 387 Å². The first kappa shape index (κ1) is 72.2. The molecule has 20 rings (SSSR count). The third-order valence-electron chi connectivity index (χ3n) is 19.1. The second kappa shape index (κ2) is 33.2. The van der Waals surface area contributed by atoms with Crippen LogP contribution >= 0.6 is 63.7 Å². The smallest absolute Gasteiger partial charge is 0.163 e. The molecule has 12 aromatic carbocycles. The molecule has 0 N–H and O–H groups in total. The van der Waals surface area contributed by atoms with Crippen LogP contribution in [0.25, 0.3) is 145 Å². The van der Waals surface area contributed by atoms with Gasteiger partial charge in [-0.25, -0.2) is 54.8 Å². The van der Waals surface area contributed by atoms with Crippen molar-refractivity contribution in [2.45, 2.75) is 6.17 Å². The van der Waals surface area contributed by atoms with Gasteiger partial charge in [0.2, 0.25) is 0 Å². The Morgan fingerprint density at radius 1 is 0.268 bits per heavy atom. The summed E-state index contributed by atoms with van der Waals surface area (Å²) in [6.07, 6.45) is 11.1. The van der Waals surface area contributed by atoms with E-state index in [1.165, 1.54) is 38.2 Å². The van der Waals surface area contributed by atoms with Crippen LogP contribution in [0.4, 0.5) is 0 Å². The van der Waals surface area contributed by atoms with Crippen molar-refractivity contribution in [2.75, 3.05) is 0 Å². The molecule has 0 amide bonds. The Morgan fingerprint density at radius 2 is 0.679 bits per heavy atom. The number of aliphatic imine (C=N–C) groups is 3. The van der Waals surface area contributed by atoms with Crippen LogP contribution in [0.1, 0.15) is 11.1 Å². The molecule has 534 valence electrons. The normalized spacial score (nSPS) is 13.4. The number of fused-ring (bicyclic) bond motifs is 6. The predicted molar refractivity (Wildman–Crippen MR) is 472 cm³/mol. The lowest BCUT2D eigenvalue weighted by atomic mass is 9.90. The van der Waals surface area contributed by atoms with Crippen LogP contribution in [0.3, 0.4) is 0 Å². The van der Waals surface area contributed by atoms with E-state index in [9.17, 15) is 0 Å². The monoisotopic (exact) mass is 1700 g/mol. The molecule has 0 saturated carbocycles. The second-order valence-corrected chi connectivity index (χ2v) is 30.1. The summed E-state index contributed by atoms with van der Waals surface area (Å²) in [6.45, 7) is 0. The quantitative estimate of drug-likeness (QED) is 0.130. The lowest BCUT2D eigenvalue weighted by Gasteiger charge is -2.27. The highest BCUT2D eigenvalue weighted by atomic mass is 79.9. The number of halogens is 4. The van der Waals surface area contributed by atoms with Gasteiger partial charge >= 0.3 is 0 Å². The Bertz CT molecular complexity index is 6670. The average Bonchev–Trinajstić information content (AvgIpc) is 0.787. The van der Waals surface area contributed by atoms with E-state index in [2.05, 4.69) is 272 Å². The largest absolute Gasteiger partial charge is 0.265 e. The molecular weight excluding hydrogens is 1640 g/mol. The molecule has 0 bridgehead atoms. The molecule has 12 nitrogen and oxygen atoms in total. The molecule has 0 radical (unpaired) electrons. The Hall–Kier alpha value is -12.7. The first-order valence-corrected chi connectivity index (χ1v) is 39.4. The molecule has 2 aliphatic heterocycles. The van der Waals surface area contributed by atoms with Crippen molar-refractivity contribution in [1.29, 1.82) is 0 Å². The van der Waals surface area contributed by atoms with E-state index >= 15 is 0 Å². The van der Waals surface area contributed by atoms with Crippen LogP contribution in [-0.2, 0) is 0 Å². The van der Waals surface area contributed by atoms with E-state index in [1.807, 2.05) is 158 Å². The minimum atomic E-state index is -0.164. The van der Waals surface area contributed by atoms with Gasteiger partial charge in [-0.15, -0.1) is 0 Å². The molecule has 0 aliphatic carbocycles. The maximum Gasteiger partial charge on any atom is 0.163 e. The number of pyridine rings is 3. The molecule has 2 unspecified atom stereocenters. The summed E-state index contributed by atoms with van der Waals surface area (Å²) in [7, 11) is 0. The van der Waals surface area contributed by atoms with Gasteiger partial charge in [0.05, 0.1) is 28.7 Å². The van der Waals surface area contributed by atoms with E-state index in [-0.39, 0.29) is 12.1 Å². The highest BCUT2D eigenvalue weighted by molar-refractivity contribution is 9.11. The number of allylic oxidation sites excluding steroid dienone is 1. The van der Waals surface area contributed by atoms with Gasteiger partial charge in [0.25, 0.3) is 0 Å². The first-order chi connectivity index (χ1) is 55.1. The molecular formula is C96H62Br4N12. The van der Waals surface area contributed by atoms with Crippen LogP contribution in [0.5, 0.6) is 0 Å². The Balaban J connectivity index is 0.000000108. The van der Waals surface area contributed by atoms with Gasteiger partial charge in [0.1, 0.15) is 0 Å². The van der Waals surface area contributed by atoms with Gasteiger partial charge in [-0.3, -0.25) is 4.99 Å². The summed E-state index contributed by atoms with van der Waals surface area (Å²) >= 11 is 14.1. The van der Waals surface area contributed by atoms with E-state index in [4.69, 9.17) is 39.9 Å². The third-order valence-corrected chi connectivity index (χ3v) is 21.1. The second-order valence-electron chi connectivity index (χ2n) is 26.4. The minimum absolute atomic E-state index is 0.0621. The Morgan fingerprint density at radius 3 is 1.26 bits per heavy atom. The number of dihydropyridines is 1. The fourth-order valence-corrected chi connectivity index (χ4v) is 15.3. The Labute approximate surface area is 680 Å². The van der Waals surface area contributed by atoms with E-state index in [0.717, 1.165) is 113 Å². The standard InChI is InChI=1S/2C25H16BrN3.C23H14BrN3.C23H16BrN3/c26-21-12-5-11-20(16-21)24-28-23(22-13-6-14-27-25(22)29-24)19-10-4-9-18(15-19)17-7-2-1-3-8-17;26-21-9-4-8-20(16-21)24-28-23(22-10-5-15-27-25(22)29-24)19-13-11-18(12-14-19)17-6-2-1-3-7-17;24-17-9-3-8-16(14-17)22-26-21(20-12-5-13-25-23(20)27-22)19-11-4-7-15-6-1-2-10-18(15)19;24-19-8-3-7-18(14-19)22-26-21(20-9-4-12-25-23(20)27-22)17-11-10-15-5-1-2-6-16(15)13-17/h2*1-16H;1-14H;1-14,20,23H. The zero-order valence-electron chi connectivity index (χ0n) is 59.7. The zero-order chi connectivity index (χ0) is 75.7. The number of benzene rings is 12. The summed E-state index contributed by atoms with van der Waals surface area (Å²) in [4.78, 5) is 56.8. The van der Waals surface area contributed by atoms with Gasteiger partial charge < -0.3 is 0 Å². The number of rotatable bonds is 10. The van der Waals surface area contributed by atoms with Gasteiger partial charge in [-0.2, -0.15) is 0 Å². The van der Waals surface area contributed by atoms with Crippen molar-refractivity contribution in [3.8, 4) is 90.2 Å². The van der Waals surface area contributed by atoms with E-state index in [1.54, 1.807) is 18.6 Å². The molecule has 112 heavy (non-hydrogen) atoms. The summed E-state index contributed by atoms with van der Waals surface area (Å²) in [5.74, 6) is 2.79. The van der Waals surface area contributed by atoms with Gasteiger partial charge in [0, 0.05) is 97.8 Å². The SMILES string of the molecule is Brc1cccc(-c2nc(-c3ccc(-c4ccccc4)cc3)c3cccnc3n2)c1.Brc1cccc(-c2nc(-c3cccc(-c4ccccc4)c3)c3cccnc3n2)c1.Brc1cccc(-c2nc(-c3cccc4ccccc34)c3cccnc3n2)c1.Brc1cccc(C2=NC3N=CC=CC3C(c3ccc4ccccc4c3)=N2)c1. The minimum Gasteiger partial charge on any atom is -0.265 e. The van der Waals surface area contributed by atoms with Gasteiger partial charge in [-0.1, -0.05) is 300 Å². The number of aromatic nitrogens is 9. The number of hydrogen-bond acceptors (Lipinski definition) is 12. The van der Waals surface area contributed by atoms with Crippen LogP contribution in [0.2, 0.25) is 0 Å². The maximum atomic E-state index is 4.98. The molecule has 0 spiro atoms. The third kappa shape index (κ3) is 16.2. The molecule has 6 aromatic heterocycles. The van der Waals surface area contributed by atoms with Crippen molar-refractivity contribution in [3.63, 3.8) is 0 Å². The van der Waals surface area contributed by atoms with Crippen molar-refractivity contribution < 1.29 is 0 Å². The molecule has 18 aromatic rings. The molecule has 2 aliphatic rings. The van der Waals surface area contributed by atoms with E-state index < -0.39 is 0 Å². The van der Waals surface area contributed by atoms with Crippen LogP contribution in [0, 0.1) is 5.92 Å². The van der Waals surface area contributed by atoms with Crippen molar-refractivity contribution >= 4 is 136 Å². The van der Waals surface area contributed by atoms with E-state index in [0.29, 0.717) is 34.4 Å². The fourth-order valence-electron chi connectivity index (χ4n) is 13.7. The van der Waals surface area contributed by atoms with Gasteiger partial charge in [0.15, 0.2) is 46.4 Å². The number of amidine groups is 1. The topological polar surface area (TPSA) is 153 Å². The van der Waals surface area contributed by atoms with Crippen LogP contribution < -0.4 is 0 Å². The van der Waals surface area contributed by atoms with Crippen molar-refractivity contribution in [2.24, 2.45) is 20.9 Å². The highest BCUT2D eigenvalue weighted by Crippen LogP contribution is 2.38. The maximum absolute atomic E-state index is 4.98. The molecule has 2 atom stereocenters. The molecule has 8 heterocycles. The summed E-state index contributed by atoms with van der Waals surface area (Å²) in [5.41, 5.74) is 18.6. The van der Waals surface area contributed by atoms with Crippen LogP contribution in [-0.4, -0.2) is 68.8 Å². The lowest BCUT2D eigenvalue weighted by molar-refractivity contribution is 0.628. The predicted octanol–water partition coefficient (Wildman–Crippen LogP) is 25.3. The highest BCUT2D eigenvalue weighted by Gasteiger charge is 2.31. The average molecular weight is 1700 g/mol. The van der Waals surface area contributed by atoms with Crippen LogP contribution in [0.15, 0.2) is 391 Å². The zero-order valence-corrected chi connectivity index (χ0v) is 66.0. The molecule has 0 fully saturated rings. The fraction of sp³-hybridized carbons (Fsp3) is 0.0208. The van der Waals surface area contributed by atoms with Gasteiger partial charge in [-0.05, 0) is 153 Å².